The van der Waals surface area contributed by atoms with Crippen molar-refractivity contribution in [2.75, 3.05) is 38.3 Å². The molecule has 3 aromatic rings. The lowest BCUT2D eigenvalue weighted by molar-refractivity contribution is -0.129. The number of esters is 1. The Hall–Kier alpha value is -3.42. The molecule has 2 aromatic carbocycles. The molecular formula is C24H20ClN3O4. The summed E-state index contributed by atoms with van der Waals surface area (Å²) in [5, 5.41) is 1.40. The van der Waals surface area contributed by atoms with Gasteiger partial charge in [0.05, 0.1) is 36.4 Å². The Balaban J connectivity index is 1.61. The molecule has 0 amide bonds. The summed E-state index contributed by atoms with van der Waals surface area (Å²) < 4.78 is 16.2. The molecule has 3 heterocycles. The van der Waals surface area contributed by atoms with Gasteiger partial charge in [-0.05, 0) is 36.4 Å². The number of rotatable bonds is 4. The van der Waals surface area contributed by atoms with Crippen molar-refractivity contribution in [3.05, 3.63) is 70.4 Å². The van der Waals surface area contributed by atoms with Gasteiger partial charge in [-0.15, -0.1) is 0 Å². The molecule has 7 nitrogen and oxygen atoms in total. The molecule has 0 aliphatic carbocycles. The maximum absolute atomic E-state index is 12.6. The zero-order chi connectivity index (χ0) is 22.1. The number of pyridine rings is 1. The van der Waals surface area contributed by atoms with E-state index < -0.39 is 5.97 Å². The minimum absolute atomic E-state index is 0.193. The summed E-state index contributed by atoms with van der Waals surface area (Å²) in [6, 6.07) is 14.8. The summed E-state index contributed by atoms with van der Waals surface area (Å²) in [6.45, 7) is 2.64. The molecule has 0 bridgehead atoms. The Morgan fingerprint density at radius 2 is 1.94 bits per heavy atom. The van der Waals surface area contributed by atoms with Crippen LogP contribution >= 0.6 is 11.6 Å². The molecule has 1 aromatic heterocycles. The van der Waals surface area contributed by atoms with Crippen LogP contribution in [0.15, 0.2) is 59.2 Å². The normalized spacial score (nSPS) is 17.6. The van der Waals surface area contributed by atoms with E-state index in [0.29, 0.717) is 36.9 Å². The molecule has 0 spiro atoms. The molecule has 0 radical (unpaired) electrons. The van der Waals surface area contributed by atoms with Crippen molar-refractivity contribution in [2.24, 2.45) is 4.99 Å². The van der Waals surface area contributed by atoms with Crippen LogP contribution in [-0.2, 0) is 14.3 Å². The zero-order valence-electron chi connectivity index (χ0n) is 17.4. The maximum atomic E-state index is 12.6. The smallest absolute Gasteiger partial charge is 0.363 e. The average molecular weight is 450 g/mol. The Morgan fingerprint density at radius 3 is 2.72 bits per heavy atom. The van der Waals surface area contributed by atoms with Gasteiger partial charge in [0, 0.05) is 30.1 Å². The highest BCUT2D eigenvalue weighted by Crippen LogP contribution is 2.30. The summed E-state index contributed by atoms with van der Waals surface area (Å²) in [5.41, 5.74) is 2.36. The third kappa shape index (κ3) is 3.92. The summed E-state index contributed by atoms with van der Waals surface area (Å²) in [6.07, 6.45) is 1.72. The summed E-state index contributed by atoms with van der Waals surface area (Å²) in [5.74, 6) is 1.16. The first-order valence-electron chi connectivity index (χ1n) is 10.2. The molecular weight excluding hydrogens is 430 g/mol. The monoisotopic (exact) mass is 449 g/mol. The molecule has 2 aliphatic rings. The second-order valence-corrected chi connectivity index (χ2v) is 7.78. The highest BCUT2D eigenvalue weighted by molar-refractivity contribution is 6.34. The number of cyclic esters (lactones) is 1. The average Bonchev–Trinajstić information content (AvgIpc) is 3.19. The SMILES string of the molecule is COc1ccc2cc(C=C3N=C(c4ccccc4Cl)OC3=O)c(N3CCOCC3)nc2c1. The van der Waals surface area contributed by atoms with Crippen LogP contribution in [0.1, 0.15) is 11.1 Å². The fourth-order valence-electron chi connectivity index (χ4n) is 3.72. The number of morpholine rings is 1. The number of carbonyl (C=O) groups excluding carboxylic acids is 1. The Bertz CT molecular complexity index is 1270. The van der Waals surface area contributed by atoms with E-state index in [1.165, 1.54) is 0 Å². The van der Waals surface area contributed by atoms with E-state index in [4.69, 9.17) is 30.8 Å². The van der Waals surface area contributed by atoms with Gasteiger partial charge >= 0.3 is 5.97 Å². The number of halogens is 1. The van der Waals surface area contributed by atoms with E-state index in [2.05, 4.69) is 9.89 Å². The Kier molecular flexibility index (Phi) is 5.51. The third-order valence-electron chi connectivity index (χ3n) is 5.36. The summed E-state index contributed by atoms with van der Waals surface area (Å²) in [7, 11) is 1.63. The number of hydrogen-bond acceptors (Lipinski definition) is 7. The molecule has 32 heavy (non-hydrogen) atoms. The lowest BCUT2D eigenvalue weighted by Crippen LogP contribution is -2.37. The van der Waals surface area contributed by atoms with Gasteiger partial charge in [0.15, 0.2) is 5.70 Å². The lowest BCUT2D eigenvalue weighted by atomic mass is 10.1. The van der Waals surface area contributed by atoms with Crippen LogP contribution in [0.25, 0.3) is 17.0 Å². The second kappa shape index (κ2) is 8.61. The van der Waals surface area contributed by atoms with Crippen molar-refractivity contribution < 1.29 is 19.0 Å². The first-order valence-corrected chi connectivity index (χ1v) is 10.6. The first kappa shape index (κ1) is 20.5. The largest absolute Gasteiger partial charge is 0.497 e. The van der Waals surface area contributed by atoms with Crippen molar-refractivity contribution in [1.82, 2.24) is 4.98 Å². The Labute approximate surface area is 189 Å². The van der Waals surface area contributed by atoms with Crippen LogP contribution in [0.2, 0.25) is 5.02 Å². The fourth-order valence-corrected chi connectivity index (χ4v) is 3.94. The van der Waals surface area contributed by atoms with Gasteiger partial charge in [-0.3, -0.25) is 0 Å². The number of ether oxygens (including phenoxy) is 3. The van der Waals surface area contributed by atoms with E-state index in [1.807, 2.05) is 36.4 Å². The number of aromatic nitrogens is 1. The summed E-state index contributed by atoms with van der Waals surface area (Å²) >= 11 is 6.25. The number of carbonyl (C=O) groups is 1. The number of anilines is 1. The molecule has 0 N–H and O–H groups in total. The molecule has 0 saturated carbocycles. The molecule has 8 heteroatoms. The molecule has 0 atom stereocenters. The predicted octanol–water partition coefficient (Wildman–Crippen LogP) is 4.08. The van der Waals surface area contributed by atoms with Crippen LogP contribution in [-0.4, -0.2) is 50.3 Å². The molecule has 1 fully saturated rings. The van der Waals surface area contributed by atoms with Gasteiger partial charge in [-0.25, -0.2) is 14.8 Å². The quantitative estimate of drug-likeness (QED) is 0.441. The van der Waals surface area contributed by atoms with Crippen molar-refractivity contribution >= 4 is 46.3 Å². The fraction of sp³-hybridized carbons (Fsp3) is 0.208. The van der Waals surface area contributed by atoms with Crippen LogP contribution in [0.5, 0.6) is 5.75 Å². The van der Waals surface area contributed by atoms with E-state index >= 15 is 0 Å². The number of hydrogen-bond donors (Lipinski definition) is 0. The maximum Gasteiger partial charge on any atom is 0.363 e. The summed E-state index contributed by atoms with van der Waals surface area (Å²) in [4.78, 5) is 24.0. The molecule has 162 valence electrons. The molecule has 5 rings (SSSR count). The third-order valence-corrected chi connectivity index (χ3v) is 5.69. The molecule has 1 saturated heterocycles. The highest BCUT2D eigenvalue weighted by Gasteiger charge is 2.26. The first-order chi connectivity index (χ1) is 15.6. The second-order valence-electron chi connectivity index (χ2n) is 7.38. The van der Waals surface area contributed by atoms with E-state index in [9.17, 15) is 4.79 Å². The van der Waals surface area contributed by atoms with Gasteiger partial charge in [-0.1, -0.05) is 23.7 Å². The van der Waals surface area contributed by atoms with Gasteiger partial charge < -0.3 is 19.1 Å². The van der Waals surface area contributed by atoms with Gasteiger partial charge in [-0.2, -0.15) is 0 Å². The van der Waals surface area contributed by atoms with Crippen LogP contribution in [0.4, 0.5) is 5.82 Å². The number of nitrogens with zero attached hydrogens (tertiary/aromatic N) is 3. The number of methoxy groups -OCH3 is 1. The topological polar surface area (TPSA) is 73.2 Å². The number of fused-ring (bicyclic) bond motifs is 1. The highest BCUT2D eigenvalue weighted by atomic mass is 35.5. The van der Waals surface area contributed by atoms with Crippen molar-refractivity contribution in [3.8, 4) is 5.75 Å². The van der Waals surface area contributed by atoms with Gasteiger partial charge in [0.2, 0.25) is 5.90 Å². The number of benzene rings is 2. The molecule has 0 unspecified atom stereocenters. The van der Waals surface area contributed by atoms with Crippen LogP contribution < -0.4 is 9.64 Å². The minimum Gasteiger partial charge on any atom is -0.497 e. The van der Waals surface area contributed by atoms with Gasteiger partial charge in [0.1, 0.15) is 11.6 Å². The van der Waals surface area contributed by atoms with Gasteiger partial charge in [0.25, 0.3) is 0 Å². The van der Waals surface area contributed by atoms with E-state index in [-0.39, 0.29) is 11.6 Å². The Morgan fingerprint density at radius 1 is 1.12 bits per heavy atom. The van der Waals surface area contributed by atoms with E-state index in [1.54, 1.807) is 25.3 Å². The van der Waals surface area contributed by atoms with Crippen LogP contribution in [0.3, 0.4) is 0 Å². The van der Waals surface area contributed by atoms with Crippen molar-refractivity contribution in [2.45, 2.75) is 0 Å². The van der Waals surface area contributed by atoms with Crippen molar-refractivity contribution in [1.29, 1.82) is 0 Å². The van der Waals surface area contributed by atoms with Crippen molar-refractivity contribution in [3.63, 3.8) is 0 Å². The molecule has 2 aliphatic heterocycles. The standard InChI is InChI=1S/C24H20ClN3O4/c1-30-17-7-6-15-12-16(22(26-20(15)14-17)28-8-10-31-11-9-28)13-21-24(29)32-23(27-21)18-4-2-3-5-19(18)25/h2-7,12-14H,8-11H2,1H3. The predicted molar refractivity (Wildman–Crippen MR) is 123 cm³/mol. The van der Waals surface area contributed by atoms with Crippen LogP contribution in [0, 0.1) is 0 Å². The zero-order valence-corrected chi connectivity index (χ0v) is 18.1. The minimum atomic E-state index is -0.525. The van der Waals surface area contributed by atoms with E-state index in [0.717, 1.165) is 28.0 Å². The lowest BCUT2D eigenvalue weighted by Gasteiger charge is -2.29. The number of aliphatic imine (C=N–C) groups is 1.